The molecule has 2 unspecified atom stereocenters. The summed E-state index contributed by atoms with van der Waals surface area (Å²) in [4.78, 5) is 25.0. The van der Waals surface area contributed by atoms with Crippen LogP contribution in [0.15, 0.2) is 0 Å². The predicted molar refractivity (Wildman–Crippen MR) is 72.8 cm³/mol. The Bertz CT molecular complexity index is 329. The fourth-order valence-corrected chi connectivity index (χ4v) is 3.12. The van der Waals surface area contributed by atoms with Gasteiger partial charge in [-0.05, 0) is 38.8 Å². The Labute approximate surface area is 114 Å². The molecule has 108 valence electrons. The Morgan fingerprint density at radius 2 is 2.16 bits per heavy atom. The van der Waals surface area contributed by atoms with Crippen molar-refractivity contribution in [1.29, 1.82) is 0 Å². The summed E-state index contributed by atoms with van der Waals surface area (Å²) < 4.78 is 0. The molecule has 3 N–H and O–H groups in total. The van der Waals surface area contributed by atoms with E-state index in [2.05, 4.69) is 20.9 Å². The number of carbonyl (C=O) groups is 2. The molecule has 0 saturated carbocycles. The Balaban J connectivity index is 1.75. The lowest BCUT2D eigenvalue weighted by Crippen LogP contribution is -2.45. The Morgan fingerprint density at radius 3 is 2.84 bits per heavy atom. The molecule has 6 nitrogen and oxygen atoms in total. The van der Waals surface area contributed by atoms with Gasteiger partial charge in [0.25, 0.3) is 0 Å². The van der Waals surface area contributed by atoms with Crippen LogP contribution in [0.25, 0.3) is 0 Å². The number of nitrogens with zero attached hydrogens (tertiary/aromatic N) is 1. The second kappa shape index (κ2) is 6.86. The highest BCUT2D eigenvalue weighted by molar-refractivity contribution is 5.94. The molecule has 0 aromatic carbocycles. The van der Waals surface area contributed by atoms with Gasteiger partial charge in [-0.2, -0.15) is 0 Å². The highest BCUT2D eigenvalue weighted by Gasteiger charge is 2.32. The van der Waals surface area contributed by atoms with Crippen LogP contribution in [0.1, 0.15) is 32.1 Å². The standard InChI is InChI=1S/C13H24N4O2/c1-14-13(19)16-12(18)6-9-17-8-3-5-11(17)10-4-2-7-15-10/h10-11,15H,2-9H2,1H3,(H2,14,16,18,19). The first-order valence-electron chi connectivity index (χ1n) is 7.19. The lowest BCUT2D eigenvalue weighted by molar-refractivity contribution is -0.120. The van der Waals surface area contributed by atoms with E-state index in [1.54, 1.807) is 0 Å². The number of hydrogen-bond acceptors (Lipinski definition) is 4. The van der Waals surface area contributed by atoms with Gasteiger partial charge in [-0.15, -0.1) is 0 Å². The van der Waals surface area contributed by atoms with Crippen LogP contribution in [0, 0.1) is 0 Å². The minimum atomic E-state index is -0.430. The SMILES string of the molecule is CNC(=O)NC(=O)CCN1CCCC1C1CCCN1. The quantitative estimate of drug-likeness (QED) is 0.673. The third kappa shape index (κ3) is 3.91. The summed E-state index contributed by atoms with van der Waals surface area (Å²) in [5, 5.41) is 8.24. The molecular weight excluding hydrogens is 244 g/mol. The number of likely N-dealkylation sites (tertiary alicyclic amines) is 1. The molecule has 0 aliphatic carbocycles. The van der Waals surface area contributed by atoms with E-state index in [0.717, 1.165) is 19.6 Å². The van der Waals surface area contributed by atoms with Crippen molar-refractivity contribution < 1.29 is 9.59 Å². The van der Waals surface area contributed by atoms with Crippen LogP contribution in [-0.4, -0.2) is 55.6 Å². The highest BCUT2D eigenvalue weighted by Crippen LogP contribution is 2.24. The lowest BCUT2D eigenvalue weighted by atomic mass is 10.0. The molecule has 2 rings (SSSR count). The topological polar surface area (TPSA) is 73.5 Å². The second-order valence-corrected chi connectivity index (χ2v) is 5.33. The maximum absolute atomic E-state index is 11.6. The number of hydrogen-bond donors (Lipinski definition) is 3. The average Bonchev–Trinajstić information content (AvgIpc) is 3.06. The first-order valence-corrected chi connectivity index (χ1v) is 7.19. The van der Waals surface area contributed by atoms with Gasteiger partial charge in [-0.1, -0.05) is 0 Å². The zero-order valence-electron chi connectivity index (χ0n) is 11.6. The van der Waals surface area contributed by atoms with Crippen LogP contribution in [0.2, 0.25) is 0 Å². The Morgan fingerprint density at radius 1 is 1.32 bits per heavy atom. The monoisotopic (exact) mass is 268 g/mol. The maximum Gasteiger partial charge on any atom is 0.321 e. The zero-order valence-corrected chi connectivity index (χ0v) is 11.6. The molecular formula is C13H24N4O2. The van der Waals surface area contributed by atoms with Crippen molar-refractivity contribution in [2.75, 3.05) is 26.7 Å². The predicted octanol–water partition coefficient (Wildman–Crippen LogP) is 0.0485. The first kappa shape index (κ1) is 14.3. The summed E-state index contributed by atoms with van der Waals surface area (Å²) in [6, 6.07) is 0.722. The van der Waals surface area contributed by atoms with E-state index >= 15 is 0 Å². The normalized spacial score (nSPS) is 27.4. The van der Waals surface area contributed by atoms with E-state index in [4.69, 9.17) is 0 Å². The van der Waals surface area contributed by atoms with E-state index in [9.17, 15) is 9.59 Å². The molecule has 2 saturated heterocycles. The van der Waals surface area contributed by atoms with Gasteiger partial charge in [0.15, 0.2) is 0 Å². The number of imide groups is 1. The van der Waals surface area contributed by atoms with Crippen LogP contribution in [0.4, 0.5) is 4.79 Å². The fourth-order valence-electron chi connectivity index (χ4n) is 3.12. The third-order valence-corrected chi connectivity index (χ3v) is 4.08. The van der Waals surface area contributed by atoms with Crippen molar-refractivity contribution in [2.45, 2.75) is 44.2 Å². The van der Waals surface area contributed by atoms with Crippen LogP contribution >= 0.6 is 0 Å². The van der Waals surface area contributed by atoms with Gasteiger partial charge >= 0.3 is 6.03 Å². The van der Waals surface area contributed by atoms with Gasteiger partial charge in [0.05, 0.1) is 0 Å². The summed E-state index contributed by atoms with van der Waals surface area (Å²) in [7, 11) is 1.50. The van der Waals surface area contributed by atoms with Gasteiger partial charge in [0.2, 0.25) is 5.91 Å². The van der Waals surface area contributed by atoms with Gasteiger partial charge in [-0.25, -0.2) is 4.79 Å². The van der Waals surface area contributed by atoms with Gasteiger partial charge in [0, 0.05) is 32.1 Å². The van der Waals surface area contributed by atoms with Gasteiger partial charge in [0.1, 0.15) is 0 Å². The summed E-state index contributed by atoms with van der Waals surface area (Å²) in [6.45, 7) is 2.92. The van der Waals surface area contributed by atoms with E-state index in [1.165, 1.54) is 32.7 Å². The number of carbonyl (C=O) groups excluding carboxylic acids is 2. The average molecular weight is 268 g/mol. The van der Waals surface area contributed by atoms with Gasteiger partial charge in [-0.3, -0.25) is 15.0 Å². The number of urea groups is 1. The maximum atomic E-state index is 11.6. The van der Waals surface area contributed by atoms with Crippen molar-refractivity contribution in [3.8, 4) is 0 Å². The van der Waals surface area contributed by atoms with Crippen LogP contribution in [-0.2, 0) is 4.79 Å². The molecule has 2 heterocycles. The summed E-state index contributed by atoms with van der Waals surface area (Å²) in [6.07, 6.45) is 5.31. The van der Waals surface area contributed by atoms with Crippen molar-refractivity contribution in [2.24, 2.45) is 0 Å². The molecule has 2 atom stereocenters. The number of amides is 3. The molecule has 0 radical (unpaired) electrons. The smallest absolute Gasteiger partial charge is 0.321 e. The molecule has 0 spiro atoms. The van der Waals surface area contributed by atoms with Crippen molar-refractivity contribution in [3.63, 3.8) is 0 Å². The van der Waals surface area contributed by atoms with Crippen molar-refractivity contribution in [1.82, 2.24) is 20.9 Å². The molecule has 19 heavy (non-hydrogen) atoms. The molecule has 6 heteroatoms. The summed E-state index contributed by atoms with van der Waals surface area (Å²) in [5.41, 5.74) is 0. The third-order valence-electron chi connectivity index (χ3n) is 4.08. The molecule has 0 bridgehead atoms. The molecule has 3 amide bonds. The van der Waals surface area contributed by atoms with E-state index in [0.29, 0.717) is 18.5 Å². The largest absolute Gasteiger partial charge is 0.341 e. The molecule has 0 aromatic heterocycles. The minimum Gasteiger partial charge on any atom is -0.341 e. The van der Waals surface area contributed by atoms with Crippen LogP contribution in [0.5, 0.6) is 0 Å². The zero-order chi connectivity index (χ0) is 13.7. The Kier molecular flexibility index (Phi) is 5.15. The van der Waals surface area contributed by atoms with Crippen molar-refractivity contribution in [3.05, 3.63) is 0 Å². The van der Waals surface area contributed by atoms with Crippen LogP contribution < -0.4 is 16.0 Å². The molecule has 2 fully saturated rings. The summed E-state index contributed by atoms with van der Waals surface area (Å²) in [5.74, 6) is -0.204. The van der Waals surface area contributed by atoms with E-state index in [1.807, 2.05) is 0 Å². The van der Waals surface area contributed by atoms with E-state index in [-0.39, 0.29) is 5.91 Å². The molecule has 0 aromatic rings. The Hall–Kier alpha value is -1.14. The van der Waals surface area contributed by atoms with Crippen LogP contribution in [0.3, 0.4) is 0 Å². The van der Waals surface area contributed by atoms with E-state index < -0.39 is 6.03 Å². The van der Waals surface area contributed by atoms with Crippen molar-refractivity contribution >= 4 is 11.9 Å². The lowest BCUT2D eigenvalue weighted by Gasteiger charge is -2.29. The molecule has 2 aliphatic rings. The highest BCUT2D eigenvalue weighted by atomic mass is 16.2. The summed E-state index contributed by atoms with van der Waals surface area (Å²) >= 11 is 0. The van der Waals surface area contributed by atoms with Gasteiger partial charge < -0.3 is 10.6 Å². The second-order valence-electron chi connectivity index (χ2n) is 5.33. The number of nitrogens with one attached hydrogen (secondary N) is 3. The first-order chi connectivity index (χ1) is 9.20. The number of rotatable bonds is 4. The fraction of sp³-hybridized carbons (Fsp3) is 0.846. The minimum absolute atomic E-state index is 0.204. The molecule has 2 aliphatic heterocycles.